The number of hydrogen-bond acceptors (Lipinski definition) is 5. The van der Waals surface area contributed by atoms with Gasteiger partial charge in [0.25, 0.3) is 0 Å². The van der Waals surface area contributed by atoms with Crippen LogP contribution in [-0.4, -0.2) is 25.2 Å². The molecule has 1 aromatic heterocycles. The predicted octanol–water partition coefficient (Wildman–Crippen LogP) is 3.94. The summed E-state index contributed by atoms with van der Waals surface area (Å²) in [5, 5.41) is 4.07. The molecule has 29 heavy (non-hydrogen) atoms. The highest BCUT2D eigenvalue weighted by Crippen LogP contribution is 2.34. The van der Waals surface area contributed by atoms with E-state index in [0.717, 1.165) is 23.6 Å². The molecule has 0 bridgehead atoms. The van der Waals surface area contributed by atoms with Gasteiger partial charge in [-0.25, -0.2) is 12.8 Å². The molecule has 1 amide bonds. The second kappa shape index (κ2) is 8.40. The van der Waals surface area contributed by atoms with Crippen LogP contribution in [0.3, 0.4) is 0 Å². The summed E-state index contributed by atoms with van der Waals surface area (Å²) in [5.74, 6) is -0.679. The van der Waals surface area contributed by atoms with Crippen molar-refractivity contribution in [3.63, 3.8) is 0 Å². The van der Waals surface area contributed by atoms with Crippen LogP contribution >= 0.6 is 0 Å². The molecule has 0 aliphatic rings. The van der Waals surface area contributed by atoms with Crippen molar-refractivity contribution in [2.45, 2.75) is 13.8 Å². The zero-order valence-corrected chi connectivity index (χ0v) is 16.7. The lowest BCUT2D eigenvalue weighted by atomic mass is 9.98. The molecule has 0 fully saturated rings. The smallest absolute Gasteiger partial charge is 0.238 e. The van der Waals surface area contributed by atoms with Crippen molar-refractivity contribution in [1.29, 1.82) is 0 Å². The number of benzene rings is 2. The van der Waals surface area contributed by atoms with E-state index in [4.69, 9.17) is 4.52 Å². The fraction of sp³-hybridized carbons (Fsp3) is 0.143. The van der Waals surface area contributed by atoms with Crippen LogP contribution in [0.5, 0.6) is 0 Å². The Kier molecular flexibility index (Phi) is 5.93. The number of hydrogen-bond donors (Lipinski definition) is 1. The second-order valence-corrected chi connectivity index (χ2v) is 8.20. The molecule has 2 aromatic carbocycles. The highest BCUT2D eigenvalue weighted by molar-refractivity contribution is 7.90. The van der Waals surface area contributed by atoms with Crippen LogP contribution in [0.4, 0.5) is 4.39 Å². The Hall–Kier alpha value is -3.26. The maximum Gasteiger partial charge on any atom is 0.238 e. The first-order valence-electron chi connectivity index (χ1n) is 8.75. The van der Waals surface area contributed by atoms with Crippen LogP contribution in [0.25, 0.3) is 28.5 Å². The van der Waals surface area contributed by atoms with E-state index in [0.29, 0.717) is 17.0 Å². The van der Waals surface area contributed by atoms with E-state index in [-0.39, 0.29) is 11.6 Å². The third-order valence-electron chi connectivity index (χ3n) is 4.09. The van der Waals surface area contributed by atoms with Gasteiger partial charge in [-0.05, 0) is 30.2 Å². The van der Waals surface area contributed by atoms with Gasteiger partial charge in [-0.2, -0.15) is 0 Å². The van der Waals surface area contributed by atoms with Gasteiger partial charge in [-0.15, -0.1) is 0 Å². The first kappa shape index (κ1) is 20.5. The molecule has 1 heterocycles. The van der Waals surface area contributed by atoms with Gasteiger partial charge in [0.15, 0.2) is 0 Å². The molecule has 8 heteroatoms. The Morgan fingerprint density at radius 1 is 1.17 bits per heavy atom. The molecule has 0 aliphatic carbocycles. The number of carbonyl (C=O) groups excluding carboxylic acids is 1. The van der Waals surface area contributed by atoms with Gasteiger partial charge in [0.2, 0.25) is 15.9 Å². The van der Waals surface area contributed by atoms with E-state index >= 15 is 0 Å². The van der Waals surface area contributed by atoms with E-state index in [9.17, 15) is 17.6 Å². The summed E-state index contributed by atoms with van der Waals surface area (Å²) in [5.41, 5.74) is 3.55. The van der Waals surface area contributed by atoms with Gasteiger partial charge >= 0.3 is 0 Å². The van der Waals surface area contributed by atoms with Crippen LogP contribution in [0.1, 0.15) is 18.2 Å². The number of sulfonamides is 1. The minimum Gasteiger partial charge on any atom is -0.360 e. The van der Waals surface area contributed by atoms with E-state index in [1.807, 2.05) is 29.0 Å². The Balaban J connectivity index is 1.82. The molecular weight excluding hydrogens is 395 g/mol. The Bertz CT molecular complexity index is 1170. The lowest BCUT2D eigenvalue weighted by Crippen LogP contribution is -2.29. The monoisotopic (exact) mass is 414 g/mol. The SMILES string of the molecule is CC(=O)NS(=O)(=O)CC=Cc1ccc(-c2c(-c3cccc(F)c3)noc2C)cc1. The number of carbonyl (C=O) groups is 1. The summed E-state index contributed by atoms with van der Waals surface area (Å²) in [4.78, 5) is 10.9. The Labute approximate surface area is 168 Å². The third kappa shape index (κ3) is 5.17. The fourth-order valence-corrected chi connectivity index (χ4v) is 3.75. The molecule has 3 rings (SSSR count). The molecule has 0 unspecified atom stereocenters. The number of aryl methyl sites for hydroxylation is 1. The molecule has 0 saturated heterocycles. The van der Waals surface area contributed by atoms with E-state index in [1.54, 1.807) is 25.1 Å². The van der Waals surface area contributed by atoms with Gasteiger partial charge in [-0.1, -0.05) is 53.7 Å². The third-order valence-corrected chi connectivity index (χ3v) is 5.32. The summed E-state index contributed by atoms with van der Waals surface area (Å²) >= 11 is 0. The summed E-state index contributed by atoms with van der Waals surface area (Å²) < 4.78 is 44.1. The van der Waals surface area contributed by atoms with Gasteiger partial charge in [0.1, 0.15) is 17.3 Å². The van der Waals surface area contributed by atoms with E-state index in [2.05, 4.69) is 5.16 Å². The van der Waals surface area contributed by atoms with Crippen molar-refractivity contribution in [3.8, 4) is 22.4 Å². The van der Waals surface area contributed by atoms with Crippen molar-refractivity contribution >= 4 is 22.0 Å². The molecule has 0 radical (unpaired) electrons. The largest absolute Gasteiger partial charge is 0.360 e. The first-order chi connectivity index (χ1) is 13.7. The topological polar surface area (TPSA) is 89.3 Å². The zero-order chi connectivity index (χ0) is 21.0. The number of amides is 1. The minimum absolute atomic E-state index is 0.303. The predicted molar refractivity (Wildman–Crippen MR) is 109 cm³/mol. The van der Waals surface area contributed by atoms with E-state index < -0.39 is 15.9 Å². The number of rotatable bonds is 6. The maximum atomic E-state index is 13.6. The normalized spacial score (nSPS) is 11.7. The lowest BCUT2D eigenvalue weighted by molar-refractivity contribution is -0.117. The summed E-state index contributed by atoms with van der Waals surface area (Å²) in [6.07, 6.45) is 3.11. The van der Waals surface area contributed by atoms with Crippen molar-refractivity contribution in [1.82, 2.24) is 9.88 Å². The van der Waals surface area contributed by atoms with Crippen LogP contribution < -0.4 is 4.72 Å². The van der Waals surface area contributed by atoms with E-state index in [1.165, 1.54) is 18.2 Å². The molecule has 3 aromatic rings. The molecule has 1 N–H and O–H groups in total. The van der Waals surface area contributed by atoms with Crippen LogP contribution in [0.2, 0.25) is 0 Å². The standard InChI is InChI=1S/C21H19FN2O4S/c1-14-20(21(23-28-14)18-6-3-7-19(22)13-18)17-10-8-16(9-11-17)5-4-12-29(26,27)24-15(2)25/h3-11,13H,12H2,1-2H3,(H,24,25). The molecule has 0 atom stereocenters. The molecular formula is C21H19FN2O4S. The molecule has 0 aliphatic heterocycles. The Morgan fingerprint density at radius 3 is 2.55 bits per heavy atom. The lowest BCUT2D eigenvalue weighted by Gasteiger charge is -2.04. The average Bonchev–Trinajstić information content (AvgIpc) is 3.02. The Morgan fingerprint density at radius 2 is 1.90 bits per heavy atom. The van der Waals surface area contributed by atoms with Crippen molar-refractivity contribution in [2.24, 2.45) is 0 Å². The summed E-state index contributed by atoms with van der Waals surface area (Å²) in [6, 6.07) is 13.5. The van der Waals surface area contributed by atoms with Crippen LogP contribution in [0, 0.1) is 12.7 Å². The van der Waals surface area contributed by atoms with Gasteiger partial charge in [-0.3, -0.25) is 9.52 Å². The first-order valence-corrected chi connectivity index (χ1v) is 10.4. The van der Waals surface area contributed by atoms with Gasteiger partial charge < -0.3 is 4.52 Å². The number of nitrogens with one attached hydrogen (secondary N) is 1. The summed E-state index contributed by atoms with van der Waals surface area (Å²) in [6.45, 7) is 2.93. The number of nitrogens with zero attached hydrogens (tertiary/aromatic N) is 1. The number of halogens is 1. The second-order valence-electron chi connectivity index (χ2n) is 6.44. The van der Waals surface area contributed by atoms with Crippen molar-refractivity contribution in [3.05, 3.63) is 71.7 Å². The quantitative estimate of drug-likeness (QED) is 0.660. The van der Waals surface area contributed by atoms with Gasteiger partial charge in [0, 0.05) is 12.5 Å². The number of aromatic nitrogens is 1. The molecule has 150 valence electrons. The summed E-state index contributed by atoms with van der Waals surface area (Å²) in [7, 11) is -3.68. The molecule has 0 saturated carbocycles. The maximum absolute atomic E-state index is 13.6. The van der Waals surface area contributed by atoms with Crippen LogP contribution in [0.15, 0.2) is 59.1 Å². The van der Waals surface area contributed by atoms with Crippen molar-refractivity contribution in [2.75, 3.05) is 5.75 Å². The van der Waals surface area contributed by atoms with Gasteiger partial charge in [0.05, 0.1) is 11.3 Å². The average molecular weight is 414 g/mol. The molecule has 6 nitrogen and oxygen atoms in total. The molecule has 0 spiro atoms. The van der Waals surface area contributed by atoms with Crippen molar-refractivity contribution < 1.29 is 22.1 Å². The fourth-order valence-electron chi connectivity index (χ4n) is 2.88. The zero-order valence-electron chi connectivity index (χ0n) is 15.8. The highest BCUT2D eigenvalue weighted by atomic mass is 32.2. The minimum atomic E-state index is -3.68. The van der Waals surface area contributed by atoms with Crippen LogP contribution in [-0.2, 0) is 14.8 Å². The highest BCUT2D eigenvalue weighted by Gasteiger charge is 2.17.